The minimum Gasteiger partial charge on any atom is -0.497 e. The molecule has 0 spiro atoms. The maximum atomic E-state index is 12.4. The van der Waals surface area contributed by atoms with Crippen LogP contribution < -0.4 is 15.4 Å². The molecule has 142 valence electrons. The molecule has 1 saturated carbocycles. The number of ether oxygens (including phenoxy) is 1. The van der Waals surface area contributed by atoms with Crippen molar-refractivity contribution in [2.45, 2.75) is 39.0 Å². The number of hydrogen-bond donors (Lipinski definition) is 2. The number of aryl methyl sites for hydroxylation is 1. The largest absolute Gasteiger partial charge is 0.497 e. The van der Waals surface area contributed by atoms with Crippen LogP contribution in [0.15, 0.2) is 36.5 Å². The Kier molecular flexibility index (Phi) is 6.06. The fourth-order valence-electron chi connectivity index (χ4n) is 3.31. The van der Waals surface area contributed by atoms with Gasteiger partial charge < -0.3 is 15.4 Å². The Morgan fingerprint density at radius 1 is 1.11 bits per heavy atom. The molecule has 27 heavy (non-hydrogen) atoms. The maximum Gasteiger partial charge on any atom is 0.255 e. The van der Waals surface area contributed by atoms with Crippen molar-refractivity contribution < 1.29 is 14.3 Å². The molecule has 6 heteroatoms. The highest BCUT2D eigenvalue weighted by Crippen LogP contribution is 2.25. The van der Waals surface area contributed by atoms with Crippen molar-refractivity contribution in [1.82, 2.24) is 4.98 Å². The van der Waals surface area contributed by atoms with Gasteiger partial charge in [0.1, 0.15) is 11.6 Å². The molecule has 0 atom stereocenters. The number of rotatable bonds is 5. The van der Waals surface area contributed by atoms with E-state index in [2.05, 4.69) is 15.6 Å². The lowest BCUT2D eigenvalue weighted by atomic mass is 9.89. The Morgan fingerprint density at radius 3 is 2.59 bits per heavy atom. The molecule has 2 amide bonds. The lowest BCUT2D eigenvalue weighted by molar-refractivity contribution is -0.120. The van der Waals surface area contributed by atoms with Gasteiger partial charge in [0.05, 0.1) is 19.0 Å². The molecule has 0 radical (unpaired) electrons. The van der Waals surface area contributed by atoms with Crippen molar-refractivity contribution in [1.29, 1.82) is 0 Å². The number of carbonyl (C=O) groups is 2. The fourth-order valence-corrected chi connectivity index (χ4v) is 3.31. The second-order valence-electron chi connectivity index (χ2n) is 6.89. The van der Waals surface area contributed by atoms with Crippen LogP contribution in [0.1, 0.15) is 48.0 Å². The van der Waals surface area contributed by atoms with Crippen LogP contribution in [-0.2, 0) is 4.79 Å². The molecule has 6 nitrogen and oxygen atoms in total. The maximum absolute atomic E-state index is 12.4. The van der Waals surface area contributed by atoms with Crippen molar-refractivity contribution in [3.05, 3.63) is 47.7 Å². The summed E-state index contributed by atoms with van der Waals surface area (Å²) in [5.41, 5.74) is 1.95. The zero-order valence-corrected chi connectivity index (χ0v) is 15.7. The number of amides is 2. The summed E-state index contributed by atoms with van der Waals surface area (Å²) in [4.78, 5) is 29.1. The number of carbonyl (C=O) groups excluding carboxylic acids is 2. The number of pyridine rings is 1. The summed E-state index contributed by atoms with van der Waals surface area (Å²) >= 11 is 0. The molecule has 2 aromatic rings. The normalized spacial score (nSPS) is 14.4. The van der Waals surface area contributed by atoms with Crippen LogP contribution >= 0.6 is 0 Å². The molecular weight excluding hydrogens is 342 g/mol. The van der Waals surface area contributed by atoms with Gasteiger partial charge in [0, 0.05) is 11.5 Å². The Morgan fingerprint density at radius 2 is 1.89 bits per heavy atom. The lowest BCUT2D eigenvalue weighted by Crippen LogP contribution is -2.25. The van der Waals surface area contributed by atoms with Gasteiger partial charge in [-0.1, -0.05) is 25.3 Å². The van der Waals surface area contributed by atoms with E-state index in [1.54, 1.807) is 43.6 Å². The van der Waals surface area contributed by atoms with Gasteiger partial charge in [0.25, 0.3) is 5.91 Å². The molecule has 0 unspecified atom stereocenters. The lowest BCUT2D eigenvalue weighted by Gasteiger charge is -2.20. The minimum absolute atomic E-state index is 0.0368. The summed E-state index contributed by atoms with van der Waals surface area (Å²) in [5.74, 6) is 1.02. The first kappa shape index (κ1) is 18.9. The molecule has 0 aliphatic heterocycles. The van der Waals surface area contributed by atoms with Crippen molar-refractivity contribution >= 4 is 23.3 Å². The first-order valence-electron chi connectivity index (χ1n) is 9.29. The van der Waals surface area contributed by atoms with Crippen molar-refractivity contribution in [3.8, 4) is 5.75 Å². The summed E-state index contributed by atoms with van der Waals surface area (Å²) in [6.45, 7) is 1.87. The highest BCUT2D eigenvalue weighted by atomic mass is 16.5. The zero-order valence-electron chi connectivity index (χ0n) is 15.7. The number of hydrogen-bond acceptors (Lipinski definition) is 4. The van der Waals surface area contributed by atoms with Crippen LogP contribution in [0.5, 0.6) is 5.75 Å². The molecule has 1 aliphatic rings. The third kappa shape index (κ3) is 4.84. The Bertz CT molecular complexity index is 829. The van der Waals surface area contributed by atoms with E-state index in [1.165, 1.54) is 6.42 Å². The molecule has 1 heterocycles. The second kappa shape index (κ2) is 8.66. The van der Waals surface area contributed by atoms with Crippen molar-refractivity contribution in [3.63, 3.8) is 0 Å². The number of nitrogens with one attached hydrogen (secondary N) is 2. The van der Waals surface area contributed by atoms with Gasteiger partial charge in [-0.3, -0.25) is 9.59 Å². The molecule has 1 aliphatic carbocycles. The van der Waals surface area contributed by atoms with Gasteiger partial charge in [0.2, 0.25) is 5.91 Å². The van der Waals surface area contributed by atoms with E-state index in [0.717, 1.165) is 31.2 Å². The van der Waals surface area contributed by atoms with Gasteiger partial charge >= 0.3 is 0 Å². The van der Waals surface area contributed by atoms with Gasteiger partial charge in [-0.2, -0.15) is 0 Å². The topological polar surface area (TPSA) is 80.3 Å². The van der Waals surface area contributed by atoms with Gasteiger partial charge in [-0.05, 0) is 49.6 Å². The first-order chi connectivity index (χ1) is 13.1. The third-order valence-corrected chi connectivity index (χ3v) is 4.92. The number of aromatic nitrogens is 1. The smallest absolute Gasteiger partial charge is 0.255 e. The Hall–Kier alpha value is -2.89. The SMILES string of the molecule is COc1cccc(C(=O)Nc2cnc(NC(=O)C3CCCCC3)cc2C)c1. The quantitative estimate of drug-likeness (QED) is 0.831. The summed E-state index contributed by atoms with van der Waals surface area (Å²) in [5, 5.41) is 5.75. The monoisotopic (exact) mass is 367 g/mol. The zero-order chi connectivity index (χ0) is 19.2. The van der Waals surface area contributed by atoms with Gasteiger partial charge in [-0.15, -0.1) is 0 Å². The predicted molar refractivity (Wildman–Crippen MR) is 105 cm³/mol. The van der Waals surface area contributed by atoms with E-state index in [4.69, 9.17) is 4.74 Å². The third-order valence-electron chi connectivity index (χ3n) is 4.92. The van der Waals surface area contributed by atoms with Gasteiger partial charge in [-0.25, -0.2) is 4.98 Å². The first-order valence-corrected chi connectivity index (χ1v) is 9.29. The Labute approximate surface area is 159 Å². The highest BCUT2D eigenvalue weighted by molar-refractivity contribution is 6.05. The van der Waals surface area contributed by atoms with Crippen LogP contribution in [0.25, 0.3) is 0 Å². The van der Waals surface area contributed by atoms with Crippen LogP contribution in [0.4, 0.5) is 11.5 Å². The average molecular weight is 367 g/mol. The van der Waals surface area contributed by atoms with Crippen LogP contribution in [-0.4, -0.2) is 23.9 Å². The Balaban J connectivity index is 1.65. The summed E-state index contributed by atoms with van der Waals surface area (Å²) in [6.07, 6.45) is 6.89. The molecule has 0 bridgehead atoms. The molecule has 1 aromatic carbocycles. The van der Waals surface area contributed by atoms with E-state index in [9.17, 15) is 9.59 Å². The van der Waals surface area contributed by atoms with Gasteiger partial charge in [0.15, 0.2) is 0 Å². The summed E-state index contributed by atoms with van der Waals surface area (Å²) in [7, 11) is 1.56. The fraction of sp³-hybridized carbons (Fsp3) is 0.381. The molecule has 3 rings (SSSR count). The molecule has 0 saturated heterocycles. The molecule has 1 fully saturated rings. The molecular formula is C21H25N3O3. The van der Waals surface area contributed by atoms with Crippen LogP contribution in [0.2, 0.25) is 0 Å². The van der Waals surface area contributed by atoms with E-state index >= 15 is 0 Å². The van der Waals surface area contributed by atoms with Crippen molar-refractivity contribution in [2.24, 2.45) is 5.92 Å². The number of anilines is 2. The van der Waals surface area contributed by atoms with Crippen molar-refractivity contribution in [2.75, 3.05) is 17.7 Å². The molecule has 2 N–H and O–H groups in total. The minimum atomic E-state index is -0.238. The van der Waals surface area contributed by atoms with Crippen LogP contribution in [0, 0.1) is 12.8 Å². The average Bonchev–Trinajstić information content (AvgIpc) is 2.70. The highest BCUT2D eigenvalue weighted by Gasteiger charge is 2.21. The predicted octanol–water partition coefficient (Wildman–Crippen LogP) is 4.17. The van der Waals surface area contributed by atoms with E-state index in [0.29, 0.717) is 22.8 Å². The van der Waals surface area contributed by atoms with Crippen LogP contribution in [0.3, 0.4) is 0 Å². The second-order valence-corrected chi connectivity index (χ2v) is 6.89. The van der Waals surface area contributed by atoms with E-state index in [1.807, 2.05) is 6.92 Å². The van der Waals surface area contributed by atoms with E-state index in [-0.39, 0.29) is 17.7 Å². The molecule has 1 aromatic heterocycles. The standard InChI is InChI=1S/C21H25N3O3/c1-14-11-19(24-20(25)15-7-4-3-5-8-15)22-13-18(14)23-21(26)16-9-6-10-17(12-16)27-2/h6,9-13,15H,3-5,7-8H2,1-2H3,(H,23,26)(H,22,24,25). The number of nitrogens with zero attached hydrogens (tertiary/aromatic N) is 1. The number of benzene rings is 1. The van der Waals surface area contributed by atoms with E-state index < -0.39 is 0 Å². The number of methoxy groups -OCH3 is 1. The summed E-state index contributed by atoms with van der Waals surface area (Å²) in [6, 6.07) is 8.73. The summed E-state index contributed by atoms with van der Waals surface area (Å²) < 4.78 is 5.15.